The summed E-state index contributed by atoms with van der Waals surface area (Å²) >= 11 is 0. The number of halogens is 1. The van der Waals surface area contributed by atoms with E-state index >= 15 is 0 Å². The molecular weight excluding hydrogens is 255 g/mol. The Labute approximate surface area is 107 Å². The first kappa shape index (κ1) is 13.5. The van der Waals surface area contributed by atoms with E-state index < -0.39 is 10.0 Å². The molecular formula is C12H17FN2O2S. The van der Waals surface area contributed by atoms with Gasteiger partial charge < -0.3 is 5.32 Å². The molecule has 1 aromatic rings. The lowest BCUT2D eigenvalue weighted by molar-refractivity contribution is 0.431. The van der Waals surface area contributed by atoms with Gasteiger partial charge in [-0.1, -0.05) is 12.1 Å². The molecule has 0 spiro atoms. The first-order chi connectivity index (χ1) is 8.58. The van der Waals surface area contributed by atoms with Gasteiger partial charge in [0.15, 0.2) is 0 Å². The summed E-state index contributed by atoms with van der Waals surface area (Å²) in [5.74, 6) is -0.414. The van der Waals surface area contributed by atoms with Crippen LogP contribution in [0.5, 0.6) is 0 Å². The summed E-state index contributed by atoms with van der Waals surface area (Å²) in [4.78, 5) is 0. The van der Waals surface area contributed by atoms with Gasteiger partial charge in [0.2, 0.25) is 10.0 Å². The summed E-state index contributed by atoms with van der Waals surface area (Å²) in [5.41, 5.74) is 0.619. The minimum absolute atomic E-state index is 0.0622. The minimum Gasteiger partial charge on any atom is -0.315 e. The average molecular weight is 272 g/mol. The highest BCUT2D eigenvalue weighted by molar-refractivity contribution is 7.88. The predicted molar refractivity (Wildman–Crippen MR) is 68.1 cm³/mol. The van der Waals surface area contributed by atoms with Gasteiger partial charge in [-0.2, -0.15) is 0 Å². The summed E-state index contributed by atoms with van der Waals surface area (Å²) in [6.45, 7) is 2.59. The van der Waals surface area contributed by atoms with Crippen LogP contribution in [-0.2, 0) is 15.8 Å². The van der Waals surface area contributed by atoms with Crippen LogP contribution in [-0.4, -0.2) is 38.9 Å². The fraction of sp³-hybridized carbons (Fsp3) is 0.500. The number of nitrogens with one attached hydrogen (secondary N) is 1. The van der Waals surface area contributed by atoms with Crippen molar-refractivity contribution in [3.05, 3.63) is 35.6 Å². The van der Waals surface area contributed by atoms with Gasteiger partial charge in [0.25, 0.3) is 0 Å². The molecule has 18 heavy (non-hydrogen) atoms. The highest BCUT2D eigenvalue weighted by atomic mass is 32.2. The Morgan fingerprint density at radius 3 is 2.61 bits per heavy atom. The SMILES string of the molecule is O=S(=O)(Cc1ccc(F)cc1)N1CCCNCC1. The Bertz CT molecular complexity index is 479. The van der Waals surface area contributed by atoms with Crippen molar-refractivity contribution in [1.82, 2.24) is 9.62 Å². The smallest absolute Gasteiger partial charge is 0.218 e. The van der Waals surface area contributed by atoms with Gasteiger partial charge in [-0.15, -0.1) is 0 Å². The van der Waals surface area contributed by atoms with Crippen molar-refractivity contribution in [3.8, 4) is 0 Å². The summed E-state index contributed by atoms with van der Waals surface area (Å²) in [6.07, 6.45) is 0.822. The largest absolute Gasteiger partial charge is 0.315 e. The monoisotopic (exact) mass is 272 g/mol. The van der Waals surface area contributed by atoms with Gasteiger partial charge in [-0.25, -0.2) is 17.1 Å². The third-order valence-corrected chi connectivity index (χ3v) is 4.80. The number of sulfonamides is 1. The van der Waals surface area contributed by atoms with Crippen LogP contribution < -0.4 is 5.32 Å². The molecule has 1 saturated heterocycles. The van der Waals surface area contributed by atoms with Gasteiger partial charge in [-0.3, -0.25) is 0 Å². The van der Waals surface area contributed by atoms with Crippen LogP contribution in [0.1, 0.15) is 12.0 Å². The van der Waals surface area contributed by atoms with Gasteiger partial charge >= 0.3 is 0 Å². The molecule has 0 aliphatic carbocycles. The van der Waals surface area contributed by atoms with Crippen LogP contribution in [0, 0.1) is 5.82 Å². The molecule has 0 bridgehead atoms. The fourth-order valence-electron chi connectivity index (χ4n) is 1.98. The lowest BCUT2D eigenvalue weighted by atomic mass is 10.2. The lowest BCUT2D eigenvalue weighted by Crippen LogP contribution is -2.35. The van der Waals surface area contributed by atoms with E-state index in [1.807, 2.05) is 0 Å². The highest BCUT2D eigenvalue weighted by Gasteiger charge is 2.23. The Morgan fingerprint density at radius 1 is 1.17 bits per heavy atom. The third kappa shape index (κ3) is 3.51. The Morgan fingerprint density at radius 2 is 1.89 bits per heavy atom. The topological polar surface area (TPSA) is 49.4 Å². The maximum atomic E-state index is 12.8. The standard InChI is InChI=1S/C12H17FN2O2S/c13-12-4-2-11(3-5-12)10-18(16,17)15-8-1-6-14-7-9-15/h2-5,14H,1,6-10H2. The Kier molecular flexibility index (Phi) is 4.31. The van der Waals surface area contributed by atoms with Crippen molar-refractivity contribution in [2.24, 2.45) is 0 Å². The summed E-state index contributed by atoms with van der Waals surface area (Å²) in [7, 11) is -3.30. The van der Waals surface area contributed by atoms with E-state index in [2.05, 4.69) is 5.32 Å². The molecule has 6 heteroatoms. The van der Waals surface area contributed by atoms with Crippen LogP contribution in [0.25, 0.3) is 0 Å². The number of rotatable bonds is 3. The van der Waals surface area contributed by atoms with E-state index in [1.54, 1.807) is 0 Å². The normalized spacial score (nSPS) is 18.5. The second-order valence-corrected chi connectivity index (χ2v) is 6.35. The molecule has 0 radical (unpaired) electrons. The summed E-state index contributed by atoms with van der Waals surface area (Å²) < 4.78 is 38.7. The minimum atomic E-state index is -3.30. The van der Waals surface area contributed by atoms with Crippen LogP contribution in [0.3, 0.4) is 0 Å². The Hall–Kier alpha value is -0.980. The first-order valence-corrected chi connectivity index (χ1v) is 7.62. The maximum Gasteiger partial charge on any atom is 0.218 e. The first-order valence-electron chi connectivity index (χ1n) is 6.01. The van der Waals surface area contributed by atoms with E-state index in [4.69, 9.17) is 0 Å². The molecule has 1 aromatic carbocycles. The zero-order valence-corrected chi connectivity index (χ0v) is 10.9. The average Bonchev–Trinajstić information content (AvgIpc) is 2.61. The number of nitrogens with zero attached hydrogens (tertiary/aromatic N) is 1. The summed E-state index contributed by atoms with van der Waals surface area (Å²) in [5, 5.41) is 3.16. The van der Waals surface area contributed by atoms with Crippen molar-refractivity contribution in [2.75, 3.05) is 26.2 Å². The van der Waals surface area contributed by atoms with Crippen LogP contribution in [0.15, 0.2) is 24.3 Å². The summed E-state index contributed by atoms with van der Waals surface area (Å²) in [6, 6.07) is 5.61. The fourth-order valence-corrected chi connectivity index (χ4v) is 3.55. The molecule has 100 valence electrons. The molecule has 1 heterocycles. The van der Waals surface area contributed by atoms with E-state index in [0.717, 1.165) is 13.0 Å². The van der Waals surface area contributed by atoms with Gasteiger partial charge in [0.1, 0.15) is 5.82 Å². The van der Waals surface area contributed by atoms with Crippen LogP contribution in [0.2, 0.25) is 0 Å². The molecule has 1 aliphatic heterocycles. The highest BCUT2D eigenvalue weighted by Crippen LogP contribution is 2.12. The zero-order valence-electron chi connectivity index (χ0n) is 10.1. The molecule has 1 N–H and O–H groups in total. The molecule has 0 aromatic heterocycles. The maximum absolute atomic E-state index is 12.8. The van der Waals surface area contributed by atoms with E-state index in [9.17, 15) is 12.8 Å². The number of hydrogen-bond acceptors (Lipinski definition) is 3. The predicted octanol–water partition coefficient (Wildman–Crippen LogP) is 0.951. The molecule has 4 nitrogen and oxygen atoms in total. The van der Waals surface area contributed by atoms with E-state index in [-0.39, 0.29) is 11.6 Å². The van der Waals surface area contributed by atoms with Gasteiger partial charge in [0, 0.05) is 19.6 Å². The quantitative estimate of drug-likeness (QED) is 0.891. The van der Waals surface area contributed by atoms with Gasteiger partial charge in [0.05, 0.1) is 5.75 Å². The molecule has 0 atom stereocenters. The van der Waals surface area contributed by atoms with Crippen LogP contribution in [0.4, 0.5) is 4.39 Å². The van der Waals surface area contributed by atoms with Crippen LogP contribution >= 0.6 is 0 Å². The number of hydrogen-bond donors (Lipinski definition) is 1. The van der Waals surface area contributed by atoms with Crippen molar-refractivity contribution in [1.29, 1.82) is 0 Å². The second-order valence-electron chi connectivity index (χ2n) is 4.39. The molecule has 1 aliphatic rings. The third-order valence-electron chi connectivity index (χ3n) is 2.95. The molecule has 2 rings (SSSR count). The Balaban J connectivity index is 2.08. The zero-order chi connectivity index (χ0) is 13.0. The van der Waals surface area contributed by atoms with Crippen molar-refractivity contribution >= 4 is 10.0 Å². The molecule has 0 amide bonds. The van der Waals surface area contributed by atoms with Gasteiger partial charge in [-0.05, 0) is 30.7 Å². The second kappa shape index (κ2) is 5.77. The lowest BCUT2D eigenvalue weighted by Gasteiger charge is -2.19. The number of benzene rings is 1. The van der Waals surface area contributed by atoms with Crippen molar-refractivity contribution in [3.63, 3.8) is 0 Å². The molecule has 1 fully saturated rings. The van der Waals surface area contributed by atoms with E-state index in [0.29, 0.717) is 25.2 Å². The molecule has 0 unspecified atom stereocenters. The van der Waals surface area contributed by atoms with Crippen molar-refractivity contribution in [2.45, 2.75) is 12.2 Å². The van der Waals surface area contributed by atoms with Crippen molar-refractivity contribution < 1.29 is 12.8 Å². The van der Waals surface area contributed by atoms with E-state index in [1.165, 1.54) is 28.6 Å². The molecule has 0 saturated carbocycles.